The van der Waals surface area contributed by atoms with E-state index in [0.29, 0.717) is 12.6 Å². The number of terminal acetylenes is 1. The number of rotatable bonds is 4. The zero-order valence-corrected chi connectivity index (χ0v) is 10.3. The Labute approximate surface area is 98.5 Å². The maximum absolute atomic E-state index is 5.21. The zero-order chi connectivity index (χ0) is 11.8. The molecule has 0 aromatic carbocycles. The molecule has 0 spiro atoms. The lowest BCUT2D eigenvalue weighted by molar-refractivity contribution is 0.317. The van der Waals surface area contributed by atoms with Gasteiger partial charge in [-0.2, -0.15) is 0 Å². The standard InChI is InChI=1S/C12H22N4/c1-4-8-14-12(13-5-2)15-10-11-7-6-9-16(11)3/h1,11H,5-10H2,2-3H3,(H2,13,14,15). The van der Waals surface area contributed by atoms with Crippen LogP contribution in [0.4, 0.5) is 0 Å². The molecule has 0 aromatic heterocycles. The van der Waals surface area contributed by atoms with Crippen molar-refractivity contribution in [2.75, 3.05) is 33.2 Å². The Kier molecular flexibility index (Phi) is 5.73. The highest BCUT2D eigenvalue weighted by molar-refractivity contribution is 5.79. The second-order valence-corrected chi connectivity index (χ2v) is 4.05. The average molecular weight is 222 g/mol. The van der Waals surface area contributed by atoms with Gasteiger partial charge in [-0.25, -0.2) is 0 Å². The number of hydrogen-bond donors (Lipinski definition) is 2. The van der Waals surface area contributed by atoms with Crippen molar-refractivity contribution in [3.8, 4) is 12.3 Å². The van der Waals surface area contributed by atoms with Gasteiger partial charge in [0.05, 0.1) is 13.1 Å². The van der Waals surface area contributed by atoms with Crippen LogP contribution in [0.25, 0.3) is 0 Å². The van der Waals surface area contributed by atoms with Crippen molar-refractivity contribution in [1.29, 1.82) is 0 Å². The summed E-state index contributed by atoms with van der Waals surface area (Å²) in [5, 5.41) is 6.27. The smallest absolute Gasteiger partial charge is 0.192 e. The van der Waals surface area contributed by atoms with E-state index in [9.17, 15) is 0 Å². The van der Waals surface area contributed by atoms with E-state index in [1.807, 2.05) is 0 Å². The van der Waals surface area contributed by atoms with Crippen LogP contribution in [0.1, 0.15) is 19.8 Å². The summed E-state index contributed by atoms with van der Waals surface area (Å²) < 4.78 is 0. The Balaban J connectivity index is 2.40. The van der Waals surface area contributed by atoms with Crippen LogP contribution in [-0.2, 0) is 0 Å². The van der Waals surface area contributed by atoms with Gasteiger partial charge in [0, 0.05) is 12.6 Å². The Bertz CT molecular complexity index is 267. The van der Waals surface area contributed by atoms with Gasteiger partial charge in [-0.3, -0.25) is 4.99 Å². The number of aliphatic imine (C=N–C) groups is 1. The molecule has 0 saturated carbocycles. The minimum atomic E-state index is 0.520. The first-order valence-corrected chi connectivity index (χ1v) is 5.93. The summed E-state index contributed by atoms with van der Waals surface area (Å²) >= 11 is 0. The maximum atomic E-state index is 5.21. The average Bonchev–Trinajstić information content (AvgIpc) is 2.68. The van der Waals surface area contributed by atoms with Crippen LogP contribution in [0, 0.1) is 12.3 Å². The van der Waals surface area contributed by atoms with Crippen LogP contribution in [0.5, 0.6) is 0 Å². The highest BCUT2D eigenvalue weighted by Gasteiger charge is 2.20. The zero-order valence-electron chi connectivity index (χ0n) is 10.3. The van der Waals surface area contributed by atoms with Gasteiger partial charge < -0.3 is 15.5 Å². The number of nitrogens with one attached hydrogen (secondary N) is 2. The molecule has 1 aliphatic heterocycles. The second-order valence-electron chi connectivity index (χ2n) is 4.05. The first-order chi connectivity index (χ1) is 7.77. The lowest BCUT2D eigenvalue weighted by Crippen LogP contribution is -2.38. The SMILES string of the molecule is C#CCNC(=NCC1CCCN1C)NCC. The molecule has 0 aliphatic carbocycles. The molecule has 1 heterocycles. The van der Waals surface area contributed by atoms with Crippen LogP contribution < -0.4 is 10.6 Å². The van der Waals surface area contributed by atoms with Gasteiger partial charge in [-0.05, 0) is 33.4 Å². The Morgan fingerprint density at radius 3 is 2.94 bits per heavy atom. The van der Waals surface area contributed by atoms with Crippen LogP contribution in [0.3, 0.4) is 0 Å². The number of guanidine groups is 1. The van der Waals surface area contributed by atoms with Crippen molar-refractivity contribution in [3.63, 3.8) is 0 Å². The molecule has 1 unspecified atom stereocenters. The number of likely N-dealkylation sites (N-methyl/N-ethyl adjacent to an activating group) is 1. The molecule has 0 aromatic rings. The van der Waals surface area contributed by atoms with Gasteiger partial charge in [0.25, 0.3) is 0 Å². The third-order valence-corrected chi connectivity index (χ3v) is 2.83. The van der Waals surface area contributed by atoms with Crippen LogP contribution in [0.15, 0.2) is 4.99 Å². The van der Waals surface area contributed by atoms with Gasteiger partial charge in [0.2, 0.25) is 0 Å². The van der Waals surface area contributed by atoms with E-state index < -0.39 is 0 Å². The van der Waals surface area contributed by atoms with Gasteiger partial charge >= 0.3 is 0 Å². The second kappa shape index (κ2) is 7.13. The van der Waals surface area contributed by atoms with E-state index in [2.05, 4.69) is 40.4 Å². The number of nitrogens with zero attached hydrogens (tertiary/aromatic N) is 2. The minimum Gasteiger partial charge on any atom is -0.357 e. The molecule has 90 valence electrons. The maximum Gasteiger partial charge on any atom is 0.192 e. The van der Waals surface area contributed by atoms with E-state index in [-0.39, 0.29) is 0 Å². The summed E-state index contributed by atoms with van der Waals surface area (Å²) in [6.07, 6.45) is 7.74. The molecular weight excluding hydrogens is 200 g/mol. The first kappa shape index (κ1) is 12.9. The molecule has 4 nitrogen and oxygen atoms in total. The van der Waals surface area contributed by atoms with E-state index in [1.54, 1.807) is 0 Å². The fraction of sp³-hybridized carbons (Fsp3) is 0.750. The third kappa shape index (κ3) is 4.11. The molecule has 2 N–H and O–H groups in total. The highest BCUT2D eigenvalue weighted by atomic mass is 15.2. The Hall–Kier alpha value is -1.21. The number of hydrogen-bond acceptors (Lipinski definition) is 2. The molecular formula is C12H22N4. The Morgan fingerprint density at radius 2 is 2.38 bits per heavy atom. The van der Waals surface area contributed by atoms with Crippen molar-refractivity contribution < 1.29 is 0 Å². The van der Waals surface area contributed by atoms with Crippen molar-refractivity contribution in [3.05, 3.63) is 0 Å². The molecule has 1 saturated heterocycles. The molecule has 0 radical (unpaired) electrons. The fourth-order valence-corrected chi connectivity index (χ4v) is 1.88. The van der Waals surface area contributed by atoms with Crippen LogP contribution >= 0.6 is 0 Å². The van der Waals surface area contributed by atoms with E-state index in [1.165, 1.54) is 19.4 Å². The summed E-state index contributed by atoms with van der Waals surface area (Å²) in [5.74, 6) is 3.37. The van der Waals surface area contributed by atoms with Crippen LogP contribution in [-0.4, -0.2) is 50.1 Å². The fourth-order valence-electron chi connectivity index (χ4n) is 1.88. The van der Waals surface area contributed by atoms with Crippen LogP contribution in [0.2, 0.25) is 0 Å². The lowest BCUT2D eigenvalue weighted by Gasteiger charge is -2.18. The summed E-state index contributed by atoms with van der Waals surface area (Å²) in [4.78, 5) is 6.91. The quantitative estimate of drug-likeness (QED) is 0.407. The molecule has 4 heteroatoms. The van der Waals surface area contributed by atoms with Gasteiger partial charge in [0.1, 0.15) is 0 Å². The van der Waals surface area contributed by atoms with Crippen molar-refractivity contribution in [1.82, 2.24) is 15.5 Å². The molecule has 1 rings (SSSR count). The normalized spacial score (nSPS) is 21.8. The van der Waals surface area contributed by atoms with E-state index in [4.69, 9.17) is 6.42 Å². The monoisotopic (exact) mass is 222 g/mol. The molecule has 0 amide bonds. The summed E-state index contributed by atoms with van der Waals surface area (Å²) in [7, 11) is 2.16. The molecule has 1 atom stereocenters. The van der Waals surface area contributed by atoms with Gasteiger partial charge in [-0.15, -0.1) is 6.42 Å². The summed E-state index contributed by atoms with van der Waals surface area (Å²) in [6.45, 7) is 5.46. The van der Waals surface area contributed by atoms with Gasteiger partial charge in [0.15, 0.2) is 5.96 Å². The van der Waals surface area contributed by atoms with Crippen molar-refractivity contribution in [2.24, 2.45) is 4.99 Å². The van der Waals surface area contributed by atoms with E-state index in [0.717, 1.165) is 19.0 Å². The predicted molar refractivity (Wildman–Crippen MR) is 68.5 cm³/mol. The summed E-state index contributed by atoms with van der Waals surface area (Å²) in [5.41, 5.74) is 0. The third-order valence-electron chi connectivity index (χ3n) is 2.83. The topological polar surface area (TPSA) is 39.7 Å². The largest absolute Gasteiger partial charge is 0.357 e. The van der Waals surface area contributed by atoms with Crippen molar-refractivity contribution >= 4 is 5.96 Å². The molecule has 1 aliphatic rings. The molecule has 0 bridgehead atoms. The highest BCUT2D eigenvalue weighted by Crippen LogP contribution is 2.14. The first-order valence-electron chi connectivity index (χ1n) is 5.93. The molecule has 16 heavy (non-hydrogen) atoms. The molecule has 1 fully saturated rings. The Morgan fingerprint density at radius 1 is 1.56 bits per heavy atom. The summed E-state index contributed by atoms with van der Waals surface area (Å²) in [6, 6.07) is 0.585. The predicted octanol–water partition coefficient (Wildman–Crippen LogP) is 0.269. The van der Waals surface area contributed by atoms with E-state index >= 15 is 0 Å². The van der Waals surface area contributed by atoms with Gasteiger partial charge in [-0.1, -0.05) is 5.92 Å². The van der Waals surface area contributed by atoms with Crippen molar-refractivity contribution in [2.45, 2.75) is 25.8 Å². The minimum absolute atomic E-state index is 0.520. The lowest BCUT2D eigenvalue weighted by atomic mass is 10.2. The number of likely N-dealkylation sites (tertiary alicyclic amines) is 1.